The maximum atomic E-state index is 12.4. The first-order chi connectivity index (χ1) is 8.20. The number of urea groups is 1. The summed E-state index contributed by atoms with van der Waals surface area (Å²) >= 11 is 1.82. The number of hydrogen-bond donors (Lipinski definition) is 0. The lowest BCUT2D eigenvalue weighted by Crippen LogP contribution is -2.47. The molecule has 1 atom stereocenters. The van der Waals surface area contributed by atoms with Gasteiger partial charge < -0.3 is 9.80 Å². The van der Waals surface area contributed by atoms with Crippen LogP contribution >= 0.6 is 11.8 Å². The normalized spacial score (nSPS) is 18.6. The van der Waals surface area contributed by atoms with Crippen molar-refractivity contribution in [2.75, 3.05) is 32.1 Å². The van der Waals surface area contributed by atoms with E-state index in [-0.39, 0.29) is 6.03 Å². The third-order valence-corrected chi connectivity index (χ3v) is 4.27. The molecule has 4 heteroatoms. The number of carbonyl (C=O) groups is 1. The van der Waals surface area contributed by atoms with Crippen molar-refractivity contribution < 1.29 is 4.79 Å². The minimum Gasteiger partial charge on any atom is -0.325 e. The van der Waals surface area contributed by atoms with E-state index in [1.807, 2.05) is 28.6 Å². The summed E-state index contributed by atoms with van der Waals surface area (Å²) < 4.78 is 0. The summed E-state index contributed by atoms with van der Waals surface area (Å²) in [4.78, 5) is 16.4. The van der Waals surface area contributed by atoms with Crippen molar-refractivity contribution in [2.24, 2.45) is 0 Å². The van der Waals surface area contributed by atoms with Gasteiger partial charge in [-0.05, 0) is 25.5 Å². The predicted molar refractivity (Wildman–Crippen MR) is 75.7 cm³/mol. The highest BCUT2D eigenvalue weighted by molar-refractivity contribution is 7.98. The van der Waals surface area contributed by atoms with Crippen LogP contribution in [0.4, 0.5) is 4.79 Å². The maximum Gasteiger partial charge on any atom is 0.320 e. The molecule has 0 N–H and O–H groups in total. The van der Waals surface area contributed by atoms with Crippen LogP contribution in [0.15, 0.2) is 0 Å². The average Bonchev–Trinajstić information content (AvgIpc) is 2.63. The van der Waals surface area contributed by atoms with Gasteiger partial charge in [0.05, 0.1) is 0 Å². The Morgan fingerprint density at radius 1 is 1.29 bits per heavy atom. The van der Waals surface area contributed by atoms with Crippen LogP contribution < -0.4 is 0 Å². The van der Waals surface area contributed by atoms with Crippen molar-refractivity contribution in [2.45, 2.75) is 45.1 Å². The van der Waals surface area contributed by atoms with Gasteiger partial charge in [0.25, 0.3) is 0 Å². The largest absolute Gasteiger partial charge is 0.325 e. The molecule has 1 aliphatic heterocycles. The zero-order valence-corrected chi connectivity index (χ0v) is 12.3. The first-order valence-electron chi connectivity index (χ1n) is 6.71. The molecule has 1 rings (SSSR count). The standard InChI is InChI=1S/C13H26N2OS/c1-4-12(11-17-3)14(2)13(16)15-9-7-5-6-8-10-15/h12H,4-11H2,1-3H3. The van der Waals surface area contributed by atoms with Gasteiger partial charge in [-0.3, -0.25) is 0 Å². The molecule has 0 aromatic heterocycles. The van der Waals surface area contributed by atoms with Gasteiger partial charge >= 0.3 is 6.03 Å². The van der Waals surface area contributed by atoms with E-state index in [9.17, 15) is 4.79 Å². The van der Waals surface area contributed by atoms with E-state index in [4.69, 9.17) is 0 Å². The molecule has 1 saturated heterocycles. The fourth-order valence-electron chi connectivity index (χ4n) is 2.34. The molecule has 100 valence electrons. The lowest BCUT2D eigenvalue weighted by molar-refractivity contribution is 0.151. The van der Waals surface area contributed by atoms with Crippen molar-refractivity contribution in [3.63, 3.8) is 0 Å². The van der Waals surface area contributed by atoms with Crippen molar-refractivity contribution in [3.8, 4) is 0 Å². The molecular weight excluding hydrogens is 232 g/mol. The molecule has 0 aromatic rings. The fraction of sp³-hybridized carbons (Fsp3) is 0.923. The summed E-state index contributed by atoms with van der Waals surface area (Å²) in [6.07, 6.45) is 8.02. The van der Waals surface area contributed by atoms with Crippen LogP contribution in [0, 0.1) is 0 Å². The smallest absolute Gasteiger partial charge is 0.320 e. The lowest BCUT2D eigenvalue weighted by atomic mass is 10.2. The first-order valence-corrected chi connectivity index (χ1v) is 8.10. The second-order valence-electron chi connectivity index (χ2n) is 4.81. The highest BCUT2D eigenvalue weighted by atomic mass is 32.2. The van der Waals surface area contributed by atoms with Crippen LogP contribution in [-0.4, -0.2) is 54.0 Å². The SMILES string of the molecule is CCC(CSC)N(C)C(=O)N1CCCCCC1. The molecule has 0 saturated carbocycles. The quantitative estimate of drug-likeness (QED) is 0.774. The Bertz CT molecular complexity index is 227. The second kappa shape index (κ2) is 7.85. The van der Waals surface area contributed by atoms with Gasteiger partial charge in [-0.2, -0.15) is 11.8 Å². The zero-order valence-electron chi connectivity index (χ0n) is 11.4. The molecule has 1 aliphatic rings. The van der Waals surface area contributed by atoms with Crippen LogP contribution in [0.2, 0.25) is 0 Å². The van der Waals surface area contributed by atoms with Gasteiger partial charge in [-0.25, -0.2) is 4.79 Å². The number of thioether (sulfide) groups is 1. The number of amides is 2. The first kappa shape index (κ1) is 14.7. The summed E-state index contributed by atoms with van der Waals surface area (Å²) in [5.41, 5.74) is 0. The van der Waals surface area contributed by atoms with Crippen molar-refractivity contribution in [1.82, 2.24) is 9.80 Å². The number of likely N-dealkylation sites (tertiary alicyclic amines) is 1. The number of rotatable bonds is 4. The van der Waals surface area contributed by atoms with Gasteiger partial charge in [0.2, 0.25) is 0 Å². The van der Waals surface area contributed by atoms with E-state index >= 15 is 0 Å². The van der Waals surface area contributed by atoms with Gasteiger partial charge in [0.15, 0.2) is 0 Å². The minimum atomic E-state index is 0.229. The molecule has 1 heterocycles. The molecule has 2 amide bonds. The van der Waals surface area contributed by atoms with Crippen molar-refractivity contribution >= 4 is 17.8 Å². The van der Waals surface area contributed by atoms with E-state index in [1.165, 1.54) is 25.7 Å². The topological polar surface area (TPSA) is 23.6 Å². The zero-order chi connectivity index (χ0) is 12.7. The Morgan fingerprint density at radius 3 is 2.35 bits per heavy atom. The van der Waals surface area contributed by atoms with Crippen molar-refractivity contribution in [1.29, 1.82) is 0 Å². The highest BCUT2D eigenvalue weighted by Gasteiger charge is 2.23. The van der Waals surface area contributed by atoms with Gasteiger partial charge in [0, 0.05) is 31.9 Å². The molecular formula is C13H26N2OS. The Morgan fingerprint density at radius 2 is 1.88 bits per heavy atom. The second-order valence-corrected chi connectivity index (χ2v) is 5.72. The fourth-order valence-corrected chi connectivity index (χ4v) is 3.18. The number of nitrogens with zero attached hydrogens (tertiary/aromatic N) is 2. The van der Waals surface area contributed by atoms with E-state index < -0.39 is 0 Å². The van der Waals surface area contributed by atoms with E-state index in [1.54, 1.807) is 0 Å². The van der Waals surface area contributed by atoms with Crippen LogP contribution in [0.25, 0.3) is 0 Å². The maximum absolute atomic E-state index is 12.4. The summed E-state index contributed by atoms with van der Waals surface area (Å²) in [6, 6.07) is 0.605. The van der Waals surface area contributed by atoms with E-state index in [0.29, 0.717) is 6.04 Å². The van der Waals surface area contributed by atoms with Gasteiger partial charge in [-0.15, -0.1) is 0 Å². The molecule has 17 heavy (non-hydrogen) atoms. The Hall–Kier alpha value is -0.380. The van der Waals surface area contributed by atoms with Crippen LogP contribution in [-0.2, 0) is 0 Å². The molecule has 1 fully saturated rings. The lowest BCUT2D eigenvalue weighted by Gasteiger charge is -2.32. The summed E-state index contributed by atoms with van der Waals surface area (Å²) in [6.45, 7) is 4.05. The van der Waals surface area contributed by atoms with Gasteiger partial charge in [0.1, 0.15) is 0 Å². The van der Waals surface area contributed by atoms with Crippen LogP contribution in [0.5, 0.6) is 0 Å². The van der Waals surface area contributed by atoms with Gasteiger partial charge in [-0.1, -0.05) is 19.8 Å². The third kappa shape index (κ3) is 4.41. The minimum absolute atomic E-state index is 0.229. The number of hydrogen-bond acceptors (Lipinski definition) is 2. The molecule has 0 aliphatic carbocycles. The monoisotopic (exact) mass is 258 g/mol. The predicted octanol–water partition coefficient (Wildman–Crippen LogP) is 3.06. The Kier molecular flexibility index (Phi) is 6.78. The van der Waals surface area contributed by atoms with E-state index in [0.717, 1.165) is 25.3 Å². The summed E-state index contributed by atoms with van der Waals surface area (Å²) in [5, 5.41) is 0. The molecule has 0 spiro atoms. The van der Waals surface area contributed by atoms with E-state index in [2.05, 4.69) is 13.2 Å². The average molecular weight is 258 g/mol. The molecule has 0 radical (unpaired) electrons. The summed E-state index contributed by atoms with van der Waals surface area (Å²) in [7, 11) is 1.96. The molecule has 0 aromatic carbocycles. The highest BCUT2D eigenvalue weighted by Crippen LogP contribution is 2.15. The molecule has 1 unspecified atom stereocenters. The molecule has 3 nitrogen and oxygen atoms in total. The number of carbonyl (C=O) groups excluding carboxylic acids is 1. The Balaban J connectivity index is 2.53. The van der Waals surface area contributed by atoms with Crippen LogP contribution in [0.1, 0.15) is 39.0 Å². The molecule has 0 bridgehead atoms. The third-order valence-electron chi connectivity index (χ3n) is 3.56. The van der Waals surface area contributed by atoms with Crippen molar-refractivity contribution in [3.05, 3.63) is 0 Å². The van der Waals surface area contributed by atoms with Crippen LogP contribution in [0.3, 0.4) is 0 Å². The summed E-state index contributed by atoms with van der Waals surface area (Å²) in [5.74, 6) is 1.03. The Labute approximate surface area is 110 Å².